The van der Waals surface area contributed by atoms with Crippen LogP contribution in [0.5, 0.6) is 0 Å². The lowest BCUT2D eigenvalue weighted by Gasteiger charge is -2.30. The Balaban J connectivity index is 2.92. The summed E-state index contributed by atoms with van der Waals surface area (Å²) in [5.74, 6) is -0.447. The molecule has 1 heterocycles. The molecule has 8 heteroatoms. The summed E-state index contributed by atoms with van der Waals surface area (Å²) in [5.41, 5.74) is 0. The second kappa shape index (κ2) is 6.14. The SMILES string of the molecule is CC(Cl)C(=O)NC(n1ccnc1)C(Cl)(Cl)CCl. The Kier molecular flexibility index (Phi) is 5.38. The number of carbonyl (C=O) groups is 1. The summed E-state index contributed by atoms with van der Waals surface area (Å²) in [6, 6.07) is 0. The number of nitrogens with zero attached hydrogens (tertiary/aromatic N) is 2. The fourth-order valence-corrected chi connectivity index (χ4v) is 1.69. The molecule has 0 spiro atoms. The molecule has 1 amide bonds. The van der Waals surface area contributed by atoms with Crippen molar-refractivity contribution in [1.29, 1.82) is 0 Å². The summed E-state index contributed by atoms with van der Waals surface area (Å²) in [6.07, 6.45) is 3.91. The van der Waals surface area contributed by atoms with Gasteiger partial charge >= 0.3 is 0 Å². The Morgan fingerprint density at radius 3 is 2.65 bits per heavy atom. The van der Waals surface area contributed by atoms with Crippen molar-refractivity contribution < 1.29 is 4.79 Å². The van der Waals surface area contributed by atoms with Crippen molar-refractivity contribution in [3.8, 4) is 0 Å². The van der Waals surface area contributed by atoms with Gasteiger partial charge in [0.25, 0.3) is 0 Å². The van der Waals surface area contributed by atoms with Crippen LogP contribution < -0.4 is 5.32 Å². The second-order valence-corrected chi connectivity index (χ2v) is 5.90. The number of rotatable bonds is 5. The quantitative estimate of drug-likeness (QED) is 0.848. The average molecular weight is 319 g/mol. The van der Waals surface area contributed by atoms with Crippen LogP contribution in [0.2, 0.25) is 0 Å². The van der Waals surface area contributed by atoms with Crippen molar-refractivity contribution in [1.82, 2.24) is 14.9 Å². The van der Waals surface area contributed by atoms with E-state index in [-0.39, 0.29) is 11.8 Å². The molecule has 2 atom stereocenters. The molecule has 0 saturated carbocycles. The van der Waals surface area contributed by atoms with E-state index in [0.717, 1.165) is 0 Å². The van der Waals surface area contributed by atoms with E-state index in [1.165, 1.54) is 6.33 Å². The van der Waals surface area contributed by atoms with E-state index in [1.807, 2.05) is 0 Å². The first kappa shape index (κ1) is 14.9. The lowest BCUT2D eigenvalue weighted by molar-refractivity contribution is -0.121. The summed E-state index contributed by atoms with van der Waals surface area (Å²) < 4.78 is 0.198. The normalized spacial score (nSPS) is 15.4. The number of carbonyl (C=O) groups excluding carboxylic acids is 1. The molecule has 0 radical (unpaired) electrons. The van der Waals surface area contributed by atoms with Crippen molar-refractivity contribution in [2.45, 2.75) is 22.8 Å². The molecule has 1 N–H and O–H groups in total. The molecule has 17 heavy (non-hydrogen) atoms. The van der Waals surface area contributed by atoms with Crippen molar-refractivity contribution >= 4 is 52.3 Å². The monoisotopic (exact) mass is 317 g/mol. The van der Waals surface area contributed by atoms with Gasteiger partial charge in [-0.05, 0) is 6.92 Å². The molecule has 4 nitrogen and oxygen atoms in total. The zero-order valence-electron chi connectivity index (χ0n) is 8.91. The zero-order valence-corrected chi connectivity index (χ0v) is 11.9. The summed E-state index contributed by atoms with van der Waals surface area (Å²) in [6.45, 7) is 1.55. The van der Waals surface area contributed by atoms with Crippen molar-refractivity contribution in [2.75, 3.05) is 5.88 Å². The molecule has 1 aromatic heterocycles. The Morgan fingerprint density at radius 2 is 2.24 bits per heavy atom. The van der Waals surface area contributed by atoms with Crippen molar-refractivity contribution in [3.05, 3.63) is 18.7 Å². The fourth-order valence-electron chi connectivity index (χ4n) is 1.14. The number of halogens is 4. The molecule has 2 unspecified atom stereocenters. The Morgan fingerprint density at radius 1 is 1.59 bits per heavy atom. The van der Waals surface area contributed by atoms with Crippen LogP contribution in [0.25, 0.3) is 0 Å². The molecule has 0 bridgehead atoms. The molecule has 0 aliphatic heterocycles. The highest BCUT2D eigenvalue weighted by Gasteiger charge is 2.37. The molecule has 96 valence electrons. The standard InChI is InChI=1S/C9H11Cl4N3O/c1-6(11)7(17)15-8(9(12,13)4-10)16-3-2-14-5-16/h2-3,5-6,8H,4H2,1H3,(H,15,17). The zero-order chi connectivity index (χ0) is 13.1. The lowest BCUT2D eigenvalue weighted by Crippen LogP contribution is -2.45. The van der Waals surface area contributed by atoms with E-state index >= 15 is 0 Å². The van der Waals surface area contributed by atoms with Crippen LogP contribution in [-0.2, 0) is 4.79 Å². The predicted octanol–water partition coefficient (Wildman–Crippen LogP) is 2.54. The Hall–Kier alpha value is -0.160. The molecular formula is C9H11Cl4N3O. The molecule has 0 saturated heterocycles. The van der Waals surface area contributed by atoms with Gasteiger partial charge < -0.3 is 9.88 Å². The molecule has 1 aromatic rings. The van der Waals surface area contributed by atoms with Crippen LogP contribution in [0, 0.1) is 0 Å². The summed E-state index contributed by atoms with van der Waals surface area (Å²) in [4.78, 5) is 15.4. The minimum absolute atomic E-state index is 0.0596. The Bertz CT molecular complexity index is 366. The molecule has 1 rings (SSSR count). The molecule has 0 fully saturated rings. The number of hydrogen-bond donors (Lipinski definition) is 1. The van der Waals surface area contributed by atoms with Crippen molar-refractivity contribution in [2.24, 2.45) is 0 Å². The van der Waals surface area contributed by atoms with Gasteiger partial charge in [0.2, 0.25) is 5.91 Å². The largest absolute Gasteiger partial charge is 0.332 e. The van der Waals surface area contributed by atoms with E-state index in [4.69, 9.17) is 46.4 Å². The lowest BCUT2D eigenvalue weighted by atomic mass is 10.3. The van der Waals surface area contributed by atoms with Crippen LogP contribution in [0.3, 0.4) is 0 Å². The van der Waals surface area contributed by atoms with Crippen LogP contribution >= 0.6 is 46.4 Å². The highest BCUT2D eigenvalue weighted by molar-refractivity contribution is 6.51. The topological polar surface area (TPSA) is 46.9 Å². The van der Waals surface area contributed by atoms with Crippen LogP contribution in [0.15, 0.2) is 18.7 Å². The molecular weight excluding hydrogens is 308 g/mol. The first-order chi connectivity index (χ1) is 7.88. The summed E-state index contributed by atoms with van der Waals surface area (Å²) in [7, 11) is 0. The van der Waals surface area contributed by atoms with Gasteiger partial charge in [-0.2, -0.15) is 0 Å². The van der Waals surface area contributed by atoms with E-state index in [0.29, 0.717) is 0 Å². The van der Waals surface area contributed by atoms with E-state index in [1.54, 1.807) is 23.9 Å². The van der Waals surface area contributed by atoms with E-state index < -0.39 is 15.9 Å². The number of hydrogen-bond acceptors (Lipinski definition) is 2. The van der Waals surface area contributed by atoms with Gasteiger partial charge in [0.1, 0.15) is 11.5 Å². The number of amides is 1. The fraction of sp³-hybridized carbons (Fsp3) is 0.556. The first-order valence-electron chi connectivity index (χ1n) is 4.74. The van der Waals surface area contributed by atoms with Gasteiger partial charge in [-0.15, -0.1) is 23.2 Å². The van der Waals surface area contributed by atoms with Gasteiger partial charge in [0.05, 0.1) is 12.2 Å². The Labute approximate surface area is 119 Å². The van der Waals surface area contributed by atoms with Gasteiger partial charge in [-0.1, -0.05) is 23.2 Å². The maximum atomic E-state index is 11.6. The number of imidazole rings is 1. The van der Waals surface area contributed by atoms with Gasteiger partial charge in [0.15, 0.2) is 4.33 Å². The number of nitrogens with one attached hydrogen (secondary N) is 1. The minimum atomic E-state index is -1.36. The molecule has 0 aliphatic rings. The van der Waals surface area contributed by atoms with E-state index in [9.17, 15) is 4.79 Å². The number of aromatic nitrogens is 2. The third-order valence-corrected chi connectivity index (χ3v) is 3.62. The average Bonchev–Trinajstić information content (AvgIpc) is 2.78. The molecule has 0 aliphatic carbocycles. The smallest absolute Gasteiger partial charge is 0.239 e. The highest BCUT2D eigenvalue weighted by Crippen LogP contribution is 2.33. The maximum Gasteiger partial charge on any atom is 0.239 e. The summed E-state index contributed by atoms with van der Waals surface area (Å²) >= 11 is 23.5. The van der Waals surface area contributed by atoms with E-state index in [2.05, 4.69) is 10.3 Å². The molecule has 0 aromatic carbocycles. The predicted molar refractivity (Wildman–Crippen MR) is 69.9 cm³/mol. The van der Waals surface area contributed by atoms with Crippen LogP contribution in [-0.4, -0.2) is 31.0 Å². The highest BCUT2D eigenvalue weighted by atomic mass is 35.5. The van der Waals surface area contributed by atoms with Gasteiger partial charge in [-0.3, -0.25) is 4.79 Å². The third kappa shape index (κ3) is 3.91. The maximum absolute atomic E-state index is 11.6. The van der Waals surface area contributed by atoms with Gasteiger partial charge in [0, 0.05) is 12.4 Å². The first-order valence-corrected chi connectivity index (χ1v) is 6.47. The van der Waals surface area contributed by atoms with Crippen LogP contribution in [0.4, 0.5) is 0 Å². The van der Waals surface area contributed by atoms with Crippen LogP contribution in [0.1, 0.15) is 13.1 Å². The minimum Gasteiger partial charge on any atom is -0.332 e. The number of alkyl halides is 4. The third-order valence-electron chi connectivity index (χ3n) is 2.04. The van der Waals surface area contributed by atoms with Gasteiger partial charge in [-0.25, -0.2) is 4.98 Å². The van der Waals surface area contributed by atoms with Crippen molar-refractivity contribution in [3.63, 3.8) is 0 Å². The summed E-state index contributed by atoms with van der Waals surface area (Å²) in [5, 5.41) is 1.92. The second-order valence-electron chi connectivity index (χ2n) is 3.43.